The van der Waals surface area contributed by atoms with Gasteiger partial charge in [0.1, 0.15) is 12.3 Å². The van der Waals surface area contributed by atoms with Gasteiger partial charge in [0.15, 0.2) is 11.5 Å². The van der Waals surface area contributed by atoms with Crippen molar-refractivity contribution in [2.75, 3.05) is 6.61 Å². The van der Waals surface area contributed by atoms with Crippen LogP contribution in [0.5, 0.6) is 11.5 Å². The van der Waals surface area contributed by atoms with Crippen LogP contribution in [0.4, 0.5) is 4.79 Å². The van der Waals surface area contributed by atoms with Crippen molar-refractivity contribution in [3.05, 3.63) is 111 Å². The van der Waals surface area contributed by atoms with Crippen LogP contribution in [-0.2, 0) is 17.9 Å². The topological polar surface area (TPSA) is 67.9 Å². The number of fused-ring (bicyclic) bond motifs is 1. The van der Waals surface area contributed by atoms with E-state index in [1.165, 1.54) is 4.90 Å². The van der Waals surface area contributed by atoms with Crippen LogP contribution in [0.25, 0.3) is 16.8 Å². The maximum Gasteiger partial charge on any atom is 0.329 e. The third-order valence-electron chi connectivity index (χ3n) is 6.04. The first-order chi connectivity index (χ1) is 18.0. The van der Waals surface area contributed by atoms with E-state index in [0.29, 0.717) is 24.7 Å². The van der Waals surface area contributed by atoms with Gasteiger partial charge in [0.05, 0.1) is 16.7 Å². The minimum Gasteiger partial charge on any atom is -0.490 e. The Morgan fingerprint density at radius 2 is 1.68 bits per heavy atom. The van der Waals surface area contributed by atoms with Crippen LogP contribution in [0.3, 0.4) is 0 Å². The molecule has 0 aliphatic carbocycles. The molecule has 1 fully saturated rings. The molecule has 4 aromatic carbocycles. The van der Waals surface area contributed by atoms with Gasteiger partial charge in [-0.2, -0.15) is 0 Å². The van der Waals surface area contributed by atoms with Crippen LogP contribution < -0.4 is 14.8 Å². The van der Waals surface area contributed by atoms with Gasteiger partial charge in [-0.15, -0.1) is 0 Å². The molecule has 0 unspecified atom stereocenters. The number of benzene rings is 4. The number of hydrogen-bond acceptors (Lipinski definition) is 4. The zero-order valence-electron chi connectivity index (χ0n) is 20.2. The zero-order chi connectivity index (χ0) is 25.8. The second-order valence-corrected chi connectivity index (χ2v) is 9.72. The standard InChI is InChI=1S/C30H25IN2O4/c1-2-36-27-17-21(16-26-29(34)33(30(35)32-26)18-20-9-4-3-5-10-20)15-25(31)28(27)37-19-23-13-8-12-22-11-6-7-14-24(22)23/h3-17H,2,18-19H2,1H3,(H,32,35)/b26-16+. The SMILES string of the molecule is CCOc1cc(/C=C2/NC(=O)N(Cc3ccccc3)C2=O)cc(I)c1OCc1cccc2ccccc12. The minimum atomic E-state index is -0.435. The molecule has 37 heavy (non-hydrogen) atoms. The highest BCUT2D eigenvalue weighted by Crippen LogP contribution is 2.36. The highest BCUT2D eigenvalue weighted by atomic mass is 127. The zero-order valence-corrected chi connectivity index (χ0v) is 22.4. The lowest BCUT2D eigenvalue weighted by molar-refractivity contribution is -0.123. The average Bonchev–Trinajstić information content (AvgIpc) is 3.16. The molecule has 5 rings (SSSR count). The molecule has 0 aromatic heterocycles. The highest BCUT2D eigenvalue weighted by molar-refractivity contribution is 14.1. The number of nitrogens with zero attached hydrogens (tertiary/aromatic N) is 1. The molecule has 1 saturated heterocycles. The Kier molecular flexibility index (Phi) is 7.41. The predicted molar refractivity (Wildman–Crippen MR) is 152 cm³/mol. The van der Waals surface area contributed by atoms with Gasteiger partial charge in [0, 0.05) is 0 Å². The maximum absolute atomic E-state index is 13.0. The number of rotatable bonds is 8. The fraction of sp³-hybridized carbons (Fsp3) is 0.133. The van der Waals surface area contributed by atoms with Crippen molar-refractivity contribution in [3.63, 3.8) is 0 Å². The largest absolute Gasteiger partial charge is 0.490 e. The lowest BCUT2D eigenvalue weighted by Gasteiger charge is -2.16. The first-order valence-electron chi connectivity index (χ1n) is 12.0. The first-order valence-corrected chi connectivity index (χ1v) is 13.1. The van der Waals surface area contributed by atoms with Crippen LogP contribution in [0.1, 0.15) is 23.6 Å². The van der Waals surface area contributed by atoms with Gasteiger partial charge in [-0.1, -0.05) is 72.8 Å². The summed E-state index contributed by atoms with van der Waals surface area (Å²) in [6.45, 7) is 2.97. The molecule has 0 spiro atoms. The number of amides is 3. The molecule has 186 valence electrons. The quantitative estimate of drug-likeness (QED) is 0.141. The summed E-state index contributed by atoms with van der Waals surface area (Å²) in [6, 6.07) is 27.1. The number of ether oxygens (including phenoxy) is 2. The van der Waals surface area contributed by atoms with Crippen LogP contribution in [-0.4, -0.2) is 23.4 Å². The minimum absolute atomic E-state index is 0.214. The van der Waals surface area contributed by atoms with Gasteiger partial charge >= 0.3 is 6.03 Å². The maximum atomic E-state index is 13.0. The van der Waals surface area contributed by atoms with Gasteiger partial charge in [0.2, 0.25) is 0 Å². The van der Waals surface area contributed by atoms with Crippen LogP contribution in [0.15, 0.2) is 90.6 Å². The number of nitrogens with one attached hydrogen (secondary N) is 1. The summed E-state index contributed by atoms with van der Waals surface area (Å²) < 4.78 is 13.0. The summed E-state index contributed by atoms with van der Waals surface area (Å²) in [5.41, 5.74) is 2.92. The number of carbonyl (C=O) groups is 2. The number of imide groups is 1. The predicted octanol–water partition coefficient (Wildman–Crippen LogP) is 6.52. The summed E-state index contributed by atoms with van der Waals surface area (Å²) in [6.07, 6.45) is 1.67. The molecule has 6 nitrogen and oxygen atoms in total. The van der Waals surface area contributed by atoms with Gasteiger partial charge in [-0.25, -0.2) is 4.79 Å². The smallest absolute Gasteiger partial charge is 0.329 e. The van der Waals surface area contributed by atoms with Crippen LogP contribution in [0, 0.1) is 3.57 Å². The van der Waals surface area contributed by atoms with Gasteiger partial charge < -0.3 is 14.8 Å². The van der Waals surface area contributed by atoms with Crippen molar-refractivity contribution in [2.24, 2.45) is 0 Å². The van der Waals surface area contributed by atoms with E-state index in [1.807, 2.05) is 67.6 Å². The summed E-state index contributed by atoms with van der Waals surface area (Å²) in [7, 11) is 0. The Balaban J connectivity index is 1.38. The lowest BCUT2D eigenvalue weighted by atomic mass is 10.1. The third kappa shape index (κ3) is 5.46. The lowest BCUT2D eigenvalue weighted by Crippen LogP contribution is -2.30. The Morgan fingerprint density at radius 1 is 0.919 bits per heavy atom. The van der Waals surface area contributed by atoms with E-state index in [1.54, 1.807) is 6.08 Å². The second-order valence-electron chi connectivity index (χ2n) is 8.56. The molecule has 0 saturated carbocycles. The number of urea groups is 1. The molecule has 3 amide bonds. The van der Waals surface area contributed by atoms with Gasteiger partial charge in [-0.3, -0.25) is 9.69 Å². The Morgan fingerprint density at radius 3 is 2.49 bits per heavy atom. The molecule has 1 aliphatic heterocycles. The summed E-state index contributed by atoms with van der Waals surface area (Å²) in [5.74, 6) is 0.863. The van der Waals surface area contributed by atoms with E-state index in [4.69, 9.17) is 9.47 Å². The van der Waals surface area contributed by atoms with Crippen LogP contribution >= 0.6 is 22.6 Å². The van der Waals surface area contributed by atoms with E-state index in [-0.39, 0.29) is 18.1 Å². The summed E-state index contributed by atoms with van der Waals surface area (Å²) in [4.78, 5) is 26.7. The molecular weight excluding hydrogens is 579 g/mol. The second kappa shape index (κ2) is 11.0. The first kappa shape index (κ1) is 24.8. The monoisotopic (exact) mass is 604 g/mol. The molecule has 0 atom stereocenters. The highest BCUT2D eigenvalue weighted by Gasteiger charge is 2.33. The molecule has 4 aromatic rings. The fourth-order valence-corrected chi connectivity index (χ4v) is 5.07. The normalized spacial score (nSPS) is 14.3. The van der Waals surface area contributed by atoms with Gasteiger partial charge in [0.25, 0.3) is 5.91 Å². The van der Waals surface area contributed by atoms with E-state index >= 15 is 0 Å². The molecule has 1 N–H and O–H groups in total. The van der Waals surface area contributed by atoms with E-state index in [2.05, 4.69) is 52.2 Å². The molecule has 0 radical (unpaired) electrons. The van der Waals surface area contributed by atoms with Crippen molar-refractivity contribution in [1.82, 2.24) is 10.2 Å². The number of carbonyl (C=O) groups excluding carboxylic acids is 2. The van der Waals surface area contributed by atoms with E-state index < -0.39 is 6.03 Å². The third-order valence-corrected chi connectivity index (χ3v) is 6.84. The van der Waals surface area contributed by atoms with Crippen molar-refractivity contribution in [2.45, 2.75) is 20.1 Å². The molecule has 7 heteroatoms. The average molecular weight is 604 g/mol. The number of hydrogen-bond donors (Lipinski definition) is 1. The van der Waals surface area contributed by atoms with Gasteiger partial charge in [-0.05, 0) is 75.2 Å². The molecule has 1 aliphatic rings. The van der Waals surface area contributed by atoms with E-state index in [9.17, 15) is 9.59 Å². The van der Waals surface area contributed by atoms with Crippen molar-refractivity contribution >= 4 is 51.4 Å². The Hall–Kier alpha value is -3.85. The van der Waals surface area contributed by atoms with E-state index in [0.717, 1.165) is 31.0 Å². The van der Waals surface area contributed by atoms with Crippen molar-refractivity contribution < 1.29 is 19.1 Å². The van der Waals surface area contributed by atoms with Crippen molar-refractivity contribution in [3.8, 4) is 11.5 Å². The molecule has 1 heterocycles. The molecule has 0 bridgehead atoms. The number of halogens is 1. The molecular formula is C30H25IN2O4. The van der Waals surface area contributed by atoms with Crippen molar-refractivity contribution in [1.29, 1.82) is 0 Å². The summed E-state index contributed by atoms with van der Waals surface area (Å²) >= 11 is 2.21. The fourth-order valence-electron chi connectivity index (χ4n) is 4.29. The Bertz CT molecular complexity index is 1500. The van der Waals surface area contributed by atoms with Crippen LogP contribution in [0.2, 0.25) is 0 Å². The summed E-state index contributed by atoms with van der Waals surface area (Å²) in [5, 5.41) is 5.01. The Labute approximate surface area is 229 Å².